The zero-order valence-electron chi connectivity index (χ0n) is 15.5. The van der Waals surface area contributed by atoms with Crippen molar-refractivity contribution in [3.63, 3.8) is 0 Å². The topological polar surface area (TPSA) is 84.9 Å². The van der Waals surface area contributed by atoms with Crippen LogP contribution in [0.1, 0.15) is 28.6 Å². The molecule has 0 aliphatic rings. The molecule has 0 amide bonds. The van der Waals surface area contributed by atoms with Gasteiger partial charge in [0.25, 0.3) is 0 Å². The molecule has 28 heavy (non-hydrogen) atoms. The second-order valence-electron chi connectivity index (χ2n) is 6.24. The summed E-state index contributed by atoms with van der Waals surface area (Å²) in [4.78, 5) is 21.0. The molecule has 0 radical (unpaired) electrons. The van der Waals surface area contributed by atoms with E-state index in [1.165, 1.54) is 6.21 Å². The number of aromatic hydroxyl groups is 1. The lowest BCUT2D eigenvalue weighted by Gasteiger charge is -2.08. The molecule has 0 saturated carbocycles. The predicted octanol–water partition coefficient (Wildman–Crippen LogP) is 4.92. The van der Waals surface area contributed by atoms with Crippen LogP contribution >= 0.6 is 0 Å². The smallest absolute Gasteiger partial charge is 0.342 e. The number of benzene rings is 2. The van der Waals surface area contributed by atoms with Crippen LogP contribution in [0.15, 0.2) is 58.2 Å². The zero-order valence-corrected chi connectivity index (χ0v) is 15.5. The van der Waals surface area contributed by atoms with Gasteiger partial charge in [-0.15, -0.1) is 0 Å². The first-order chi connectivity index (χ1) is 13.6. The van der Waals surface area contributed by atoms with Crippen LogP contribution in [0.2, 0.25) is 0 Å². The molecule has 2 heterocycles. The number of furan rings is 1. The van der Waals surface area contributed by atoms with Crippen LogP contribution in [0.5, 0.6) is 5.75 Å². The third-order valence-electron chi connectivity index (χ3n) is 4.50. The van der Waals surface area contributed by atoms with Gasteiger partial charge in [0.05, 0.1) is 18.5 Å². The van der Waals surface area contributed by atoms with Crippen LogP contribution in [0.3, 0.4) is 0 Å². The minimum atomic E-state index is -0.496. The summed E-state index contributed by atoms with van der Waals surface area (Å²) in [6, 6.07) is 10.9. The van der Waals surface area contributed by atoms with Gasteiger partial charge in [-0.1, -0.05) is 24.3 Å². The summed E-state index contributed by atoms with van der Waals surface area (Å²) in [5, 5.41) is 12.8. The van der Waals surface area contributed by atoms with Gasteiger partial charge < -0.3 is 14.3 Å². The molecule has 0 aliphatic carbocycles. The lowest BCUT2D eigenvalue weighted by atomic mass is 9.98. The highest BCUT2D eigenvalue weighted by atomic mass is 16.5. The van der Waals surface area contributed by atoms with Crippen LogP contribution in [0, 0.1) is 6.92 Å². The van der Waals surface area contributed by atoms with E-state index in [-0.39, 0.29) is 12.4 Å². The SMILES string of the molecule is CCOC(=O)c1c(C)oc2c1c(C=Nc1cccnc1)c(O)c1ccccc12. The number of aromatic nitrogens is 1. The van der Waals surface area contributed by atoms with Crippen LogP contribution in [0.4, 0.5) is 5.69 Å². The molecule has 0 spiro atoms. The molecule has 0 bridgehead atoms. The number of carbonyl (C=O) groups excluding carboxylic acids is 1. The van der Waals surface area contributed by atoms with Crippen molar-refractivity contribution in [2.75, 3.05) is 6.61 Å². The number of rotatable bonds is 4. The number of hydrogen-bond donors (Lipinski definition) is 1. The highest BCUT2D eigenvalue weighted by Gasteiger charge is 2.25. The Morgan fingerprint density at radius 3 is 2.75 bits per heavy atom. The minimum Gasteiger partial charge on any atom is -0.507 e. The molecule has 140 valence electrons. The fourth-order valence-corrected chi connectivity index (χ4v) is 3.29. The normalized spacial score (nSPS) is 11.5. The summed E-state index contributed by atoms with van der Waals surface area (Å²) in [5.74, 6) is -0.0354. The third-order valence-corrected chi connectivity index (χ3v) is 4.50. The molecule has 0 saturated heterocycles. The molecule has 0 aliphatic heterocycles. The maximum absolute atomic E-state index is 12.6. The molecule has 2 aromatic carbocycles. The van der Waals surface area contributed by atoms with Gasteiger partial charge in [-0.3, -0.25) is 9.98 Å². The number of aryl methyl sites for hydroxylation is 1. The lowest BCUT2D eigenvalue weighted by molar-refractivity contribution is 0.0526. The van der Waals surface area contributed by atoms with Crippen molar-refractivity contribution in [1.29, 1.82) is 0 Å². The van der Waals surface area contributed by atoms with E-state index in [2.05, 4.69) is 9.98 Å². The minimum absolute atomic E-state index is 0.0297. The zero-order chi connectivity index (χ0) is 19.7. The van der Waals surface area contributed by atoms with E-state index in [1.54, 1.807) is 44.4 Å². The van der Waals surface area contributed by atoms with E-state index in [0.29, 0.717) is 44.3 Å². The molecular formula is C22H18N2O4. The maximum Gasteiger partial charge on any atom is 0.342 e. The third kappa shape index (κ3) is 2.89. The summed E-state index contributed by atoms with van der Waals surface area (Å²) < 4.78 is 11.2. The molecule has 0 unspecified atom stereocenters. The second-order valence-corrected chi connectivity index (χ2v) is 6.24. The van der Waals surface area contributed by atoms with Crippen molar-refractivity contribution < 1.29 is 19.1 Å². The number of hydrogen-bond acceptors (Lipinski definition) is 6. The van der Waals surface area contributed by atoms with Crippen molar-refractivity contribution in [1.82, 2.24) is 4.98 Å². The highest BCUT2D eigenvalue weighted by Crippen LogP contribution is 2.40. The number of aliphatic imine (C=N–C) groups is 1. The summed E-state index contributed by atoms with van der Waals surface area (Å²) in [6.45, 7) is 3.69. The van der Waals surface area contributed by atoms with E-state index in [9.17, 15) is 9.90 Å². The van der Waals surface area contributed by atoms with E-state index >= 15 is 0 Å². The van der Waals surface area contributed by atoms with E-state index < -0.39 is 5.97 Å². The fourth-order valence-electron chi connectivity index (χ4n) is 3.29. The van der Waals surface area contributed by atoms with Gasteiger partial charge in [0, 0.05) is 34.1 Å². The van der Waals surface area contributed by atoms with E-state index in [0.717, 1.165) is 0 Å². The van der Waals surface area contributed by atoms with Crippen molar-refractivity contribution in [3.05, 3.63) is 65.7 Å². The summed E-state index contributed by atoms with van der Waals surface area (Å²) in [7, 11) is 0. The number of ether oxygens (including phenoxy) is 1. The molecule has 1 N–H and O–H groups in total. The number of carbonyl (C=O) groups is 1. The van der Waals surface area contributed by atoms with Crippen LogP contribution < -0.4 is 0 Å². The van der Waals surface area contributed by atoms with Gasteiger partial charge in [-0.05, 0) is 26.0 Å². The standard InChI is InChI=1S/C22H18N2O4/c1-3-27-22(26)18-13(2)28-21-16-9-5-4-8-15(16)20(25)17(19(18)21)12-24-14-7-6-10-23-11-14/h4-12,25H,3H2,1-2H3. The summed E-state index contributed by atoms with van der Waals surface area (Å²) in [5.41, 5.74) is 1.84. The predicted molar refractivity (Wildman–Crippen MR) is 108 cm³/mol. The fraction of sp³-hybridized carbons (Fsp3) is 0.136. The maximum atomic E-state index is 12.6. The Balaban J connectivity index is 2.06. The van der Waals surface area contributed by atoms with Gasteiger partial charge in [0.15, 0.2) is 0 Å². The lowest BCUT2D eigenvalue weighted by Crippen LogP contribution is -2.06. The van der Waals surface area contributed by atoms with Gasteiger partial charge in [0.1, 0.15) is 22.7 Å². The Labute approximate surface area is 161 Å². The van der Waals surface area contributed by atoms with E-state index in [4.69, 9.17) is 9.15 Å². The average Bonchev–Trinajstić information content (AvgIpc) is 3.06. The first kappa shape index (κ1) is 17.7. The Morgan fingerprint density at radius 1 is 1.25 bits per heavy atom. The van der Waals surface area contributed by atoms with E-state index in [1.807, 2.05) is 18.2 Å². The van der Waals surface area contributed by atoms with Crippen LogP contribution in [-0.2, 0) is 4.74 Å². The molecule has 0 atom stereocenters. The Morgan fingerprint density at radius 2 is 2.04 bits per heavy atom. The molecule has 6 heteroatoms. The molecule has 0 fully saturated rings. The first-order valence-corrected chi connectivity index (χ1v) is 8.89. The number of nitrogens with zero attached hydrogens (tertiary/aromatic N) is 2. The summed E-state index contributed by atoms with van der Waals surface area (Å²) >= 11 is 0. The van der Waals surface area contributed by atoms with Gasteiger partial charge in [-0.25, -0.2) is 4.79 Å². The molecule has 6 nitrogen and oxygen atoms in total. The number of fused-ring (bicyclic) bond motifs is 3. The van der Waals surface area contributed by atoms with Crippen molar-refractivity contribution >= 4 is 39.6 Å². The van der Waals surface area contributed by atoms with Crippen molar-refractivity contribution in [2.24, 2.45) is 4.99 Å². The van der Waals surface area contributed by atoms with Gasteiger partial charge in [0.2, 0.25) is 0 Å². The van der Waals surface area contributed by atoms with Crippen LogP contribution in [-0.4, -0.2) is 28.9 Å². The molecule has 4 aromatic rings. The second kappa shape index (κ2) is 7.15. The quantitative estimate of drug-likeness (QED) is 0.405. The molecule has 4 rings (SSSR count). The van der Waals surface area contributed by atoms with Gasteiger partial charge >= 0.3 is 5.97 Å². The number of pyridine rings is 1. The number of phenols is 1. The number of phenolic OH excluding ortho intramolecular Hbond substituents is 1. The Kier molecular flexibility index (Phi) is 4.53. The largest absolute Gasteiger partial charge is 0.507 e. The molecular weight excluding hydrogens is 356 g/mol. The monoisotopic (exact) mass is 374 g/mol. The highest BCUT2D eigenvalue weighted by molar-refractivity contribution is 6.21. The Hall–Kier alpha value is -3.67. The average molecular weight is 374 g/mol. The van der Waals surface area contributed by atoms with Crippen molar-refractivity contribution in [3.8, 4) is 5.75 Å². The van der Waals surface area contributed by atoms with Gasteiger partial charge in [-0.2, -0.15) is 0 Å². The van der Waals surface area contributed by atoms with Crippen molar-refractivity contribution in [2.45, 2.75) is 13.8 Å². The first-order valence-electron chi connectivity index (χ1n) is 8.89. The molecule has 2 aromatic heterocycles. The Bertz CT molecular complexity index is 1210. The van der Waals surface area contributed by atoms with Crippen LogP contribution in [0.25, 0.3) is 21.7 Å². The number of esters is 1. The summed E-state index contributed by atoms with van der Waals surface area (Å²) in [6.07, 6.45) is 4.79.